The lowest BCUT2D eigenvalue weighted by atomic mass is 9.93. The van der Waals surface area contributed by atoms with Crippen molar-refractivity contribution in [1.29, 1.82) is 0 Å². The van der Waals surface area contributed by atoms with Gasteiger partial charge in [-0.1, -0.05) is 45.0 Å². The van der Waals surface area contributed by atoms with Crippen molar-refractivity contribution < 1.29 is 8.78 Å². The molecule has 2 rings (SSSR count). The zero-order chi connectivity index (χ0) is 15.6. The summed E-state index contributed by atoms with van der Waals surface area (Å²) in [7, 11) is 1.85. The number of alkyl halides is 2. The summed E-state index contributed by atoms with van der Waals surface area (Å²) in [5, 5.41) is 6.22. The zero-order valence-corrected chi connectivity index (χ0v) is 13.5. The Balaban J connectivity index is 2.29. The van der Waals surface area contributed by atoms with E-state index in [-0.39, 0.29) is 17.0 Å². The van der Waals surface area contributed by atoms with Crippen LogP contribution in [0.2, 0.25) is 0 Å². The van der Waals surface area contributed by atoms with Crippen molar-refractivity contribution in [3.8, 4) is 0 Å². The number of nitrogens with one attached hydrogen (secondary N) is 1. The van der Waals surface area contributed by atoms with Gasteiger partial charge in [-0.2, -0.15) is 0 Å². The summed E-state index contributed by atoms with van der Waals surface area (Å²) in [6.45, 7) is 6.37. The molecular weight excluding hydrogens is 290 g/mol. The first-order valence-corrected chi connectivity index (χ1v) is 7.72. The average Bonchev–Trinajstić information content (AvgIpc) is 2.90. The molecule has 114 valence electrons. The Morgan fingerprint density at radius 3 is 2.10 bits per heavy atom. The molecule has 1 unspecified atom stereocenters. The van der Waals surface area contributed by atoms with Crippen molar-refractivity contribution in [2.24, 2.45) is 0 Å². The highest BCUT2D eigenvalue weighted by Crippen LogP contribution is 2.30. The monoisotopic (exact) mass is 310 g/mol. The molecule has 0 aliphatic heterocycles. The lowest BCUT2D eigenvalue weighted by Gasteiger charge is -2.16. The molecule has 0 radical (unpaired) electrons. The minimum absolute atomic E-state index is 0.00652. The molecule has 1 aromatic carbocycles. The van der Waals surface area contributed by atoms with E-state index in [1.165, 1.54) is 12.1 Å². The smallest absolute Gasteiger partial charge is 0.263 e. The van der Waals surface area contributed by atoms with Crippen LogP contribution in [-0.2, 0) is 5.41 Å². The van der Waals surface area contributed by atoms with Crippen LogP contribution in [0.15, 0.2) is 29.6 Å². The predicted molar refractivity (Wildman–Crippen MR) is 83.1 cm³/mol. The van der Waals surface area contributed by atoms with Gasteiger partial charge in [0.1, 0.15) is 5.01 Å². The molecule has 0 saturated heterocycles. The Bertz CT molecular complexity index is 585. The Kier molecular flexibility index (Phi) is 4.74. The number of rotatable bonds is 4. The second kappa shape index (κ2) is 6.20. The van der Waals surface area contributed by atoms with E-state index in [4.69, 9.17) is 4.98 Å². The van der Waals surface area contributed by atoms with Crippen molar-refractivity contribution >= 4 is 11.3 Å². The van der Waals surface area contributed by atoms with Gasteiger partial charge in [0, 0.05) is 16.4 Å². The standard InChI is InChI=1S/C16H20F2N2S/c1-16(2,3)12-9-21-15(20-12)13(19-4)10-5-7-11(8-6-10)14(17)18/h5-9,13-14,19H,1-4H3. The van der Waals surface area contributed by atoms with Gasteiger partial charge in [0.25, 0.3) is 6.43 Å². The van der Waals surface area contributed by atoms with Crippen molar-refractivity contribution in [3.63, 3.8) is 0 Å². The number of halogens is 2. The molecule has 1 heterocycles. The van der Waals surface area contributed by atoms with E-state index in [0.29, 0.717) is 0 Å². The second-order valence-electron chi connectivity index (χ2n) is 6.01. The lowest BCUT2D eigenvalue weighted by Crippen LogP contribution is -2.18. The maximum atomic E-state index is 12.6. The SMILES string of the molecule is CNC(c1ccc(C(F)F)cc1)c1nc(C(C)(C)C)cs1. The highest BCUT2D eigenvalue weighted by Gasteiger charge is 2.21. The third-order valence-corrected chi connectivity index (χ3v) is 4.26. The number of hydrogen-bond donors (Lipinski definition) is 1. The fourth-order valence-electron chi connectivity index (χ4n) is 2.03. The van der Waals surface area contributed by atoms with Gasteiger partial charge in [-0.05, 0) is 12.6 Å². The summed E-state index contributed by atoms with van der Waals surface area (Å²) in [5.41, 5.74) is 2.04. The van der Waals surface area contributed by atoms with Crippen LogP contribution in [0.5, 0.6) is 0 Å². The van der Waals surface area contributed by atoms with Crippen LogP contribution < -0.4 is 5.32 Å². The first-order valence-electron chi connectivity index (χ1n) is 6.84. The van der Waals surface area contributed by atoms with Gasteiger partial charge in [0.15, 0.2) is 0 Å². The maximum absolute atomic E-state index is 12.6. The van der Waals surface area contributed by atoms with E-state index in [1.807, 2.05) is 7.05 Å². The summed E-state index contributed by atoms with van der Waals surface area (Å²) in [6, 6.07) is 6.35. The number of benzene rings is 1. The predicted octanol–water partition coefficient (Wildman–Crippen LogP) is 4.69. The van der Waals surface area contributed by atoms with Crippen LogP contribution in [-0.4, -0.2) is 12.0 Å². The van der Waals surface area contributed by atoms with Crippen LogP contribution >= 0.6 is 11.3 Å². The summed E-state index contributed by atoms with van der Waals surface area (Å²) in [5.74, 6) is 0. The molecule has 0 aliphatic carbocycles. The maximum Gasteiger partial charge on any atom is 0.263 e. The molecule has 0 amide bonds. The molecule has 5 heteroatoms. The Hall–Kier alpha value is -1.33. The third-order valence-electron chi connectivity index (χ3n) is 3.35. The van der Waals surface area contributed by atoms with Gasteiger partial charge in [-0.3, -0.25) is 0 Å². The van der Waals surface area contributed by atoms with E-state index in [9.17, 15) is 8.78 Å². The van der Waals surface area contributed by atoms with E-state index in [2.05, 4.69) is 31.5 Å². The molecule has 0 fully saturated rings. The minimum atomic E-state index is -2.43. The zero-order valence-electron chi connectivity index (χ0n) is 12.7. The van der Waals surface area contributed by atoms with Crippen LogP contribution in [0, 0.1) is 0 Å². The number of thiazole rings is 1. The fraction of sp³-hybridized carbons (Fsp3) is 0.438. The van der Waals surface area contributed by atoms with E-state index < -0.39 is 6.43 Å². The topological polar surface area (TPSA) is 24.9 Å². The van der Waals surface area contributed by atoms with E-state index in [0.717, 1.165) is 16.3 Å². The molecule has 1 aromatic heterocycles. The van der Waals surface area contributed by atoms with Crippen molar-refractivity contribution in [1.82, 2.24) is 10.3 Å². The summed E-state index contributed by atoms with van der Waals surface area (Å²) in [4.78, 5) is 4.69. The van der Waals surface area contributed by atoms with E-state index >= 15 is 0 Å². The Labute approximate surface area is 128 Å². The molecule has 0 aliphatic rings. The number of aromatic nitrogens is 1. The van der Waals surface area contributed by atoms with Crippen LogP contribution in [0.3, 0.4) is 0 Å². The van der Waals surface area contributed by atoms with Gasteiger partial charge < -0.3 is 5.32 Å². The molecule has 2 nitrogen and oxygen atoms in total. The molecule has 0 spiro atoms. The molecule has 21 heavy (non-hydrogen) atoms. The van der Waals surface area contributed by atoms with E-state index in [1.54, 1.807) is 23.5 Å². The highest BCUT2D eigenvalue weighted by molar-refractivity contribution is 7.09. The largest absolute Gasteiger partial charge is 0.307 e. The molecular formula is C16H20F2N2S. The van der Waals surface area contributed by atoms with Crippen LogP contribution in [0.25, 0.3) is 0 Å². The van der Waals surface area contributed by atoms with Gasteiger partial charge in [-0.25, -0.2) is 13.8 Å². The molecule has 2 aromatic rings. The first kappa shape index (κ1) is 16.0. The summed E-state index contributed by atoms with van der Waals surface area (Å²) >= 11 is 1.59. The van der Waals surface area contributed by atoms with Crippen molar-refractivity contribution in [2.45, 2.75) is 38.7 Å². The normalized spacial score (nSPS) is 13.7. The van der Waals surface area contributed by atoms with Crippen molar-refractivity contribution in [3.05, 3.63) is 51.5 Å². The lowest BCUT2D eigenvalue weighted by molar-refractivity contribution is 0.151. The molecule has 1 N–H and O–H groups in total. The molecule has 0 saturated carbocycles. The highest BCUT2D eigenvalue weighted by atomic mass is 32.1. The minimum Gasteiger partial charge on any atom is -0.307 e. The molecule has 0 bridgehead atoms. The van der Waals surface area contributed by atoms with Gasteiger partial charge in [0.05, 0.1) is 11.7 Å². The fourth-order valence-corrected chi connectivity index (χ4v) is 3.21. The first-order chi connectivity index (χ1) is 9.82. The summed E-state index contributed by atoms with van der Waals surface area (Å²) < 4.78 is 25.2. The van der Waals surface area contributed by atoms with Crippen LogP contribution in [0.1, 0.15) is 55.1 Å². The number of hydrogen-bond acceptors (Lipinski definition) is 3. The van der Waals surface area contributed by atoms with Gasteiger partial charge in [0.2, 0.25) is 0 Å². The Morgan fingerprint density at radius 2 is 1.67 bits per heavy atom. The third kappa shape index (κ3) is 3.66. The quantitative estimate of drug-likeness (QED) is 0.886. The molecule has 1 atom stereocenters. The van der Waals surface area contributed by atoms with Gasteiger partial charge >= 0.3 is 0 Å². The number of nitrogens with zero attached hydrogens (tertiary/aromatic N) is 1. The van der Waals surface area contributed by atoms with Crippen molar-refractivity contribution in [2.75, 3.05) is 7.05 Å². The van der Waals surface area contributed by atoms with Gasteiger partial charge in [-0.15, -0.1) is 11.3 Å². The summed E-state index contributed by atoms with van der Waals surface area (Å²) in [6.07, 6.45) is -2.43. The average molecular weight is 310 g/mol. The van der Waals surface area contributed by atoms with Crippen LogP contribution in [0.4, 0.5) is 8.78 Å². The second-order valence-corrected chi connectivity index (χ2v) is 6.90. The Morgan fingerprint density at radius 1 is 1.10 bits per heavy atom.